The summed E-state index contributed by atoms with van der Waals surface area (Å²) in [4.78, 5) is 12.5. The van der Waals surface area contributed by atoms with Crippen molar-refractivity contribution in [2.75, 3.05) is 17.1 Å². The van der Waals surface area contributed by atoms with E-state index in [1.54, 1.807) is 18.2 Å². The van der Waals surface area contributed by atoms with Gasteiger partial charge >= 0.3 is 0 Å². The molecule has 0 aliphatic heterocycles. The molecule has 2 rings (SSSR count). The fraction of sp³-hybridized carbons (Fsp3) is 0.278. The van der Waals surface area contributed by atoms with Crippen LogP contribution in [0, 0.1) is 0 Å². The van der Waals surface area contributed by atoms with Gasteiger partial charge in [0.15, 0.2) is 0 Å². The van der Waals surface area contributed by atoms with Gasteiger partial charge in [-0.3, -0.25) is 9.10 Å². The number of nitrogens with one attached hydrogen (secondary N) is 1. The molecule has 1 N–H and O–H groups in total. The third kappa shape index (κ3) is 6.01. The topological polar surface area (TPSA) is 66.5 Å². The number of hydrogen-bond donors (Lipinski definition) is 1. The average Bonchev–Trinajstić information content (AvgIpc) is 2.58. The van der Waals surface area contributed by atoms with Crippen LogP contribution in [0.1, 0.15) is 12.5 Å². The van der Waals surface area contributed by atoms with E-state index in [0.717, 1.165) is 16.1 Å². The number of sulfonamides is 1. The van der Waals surface area contributed by atoms with Crippen molar-refractivity contribution in [2.45, 2.75) is 19.4 Å². The lowest BCUT2D eigenvalue weighted by Gasteiger charge is -2.29. The first-order valence-corrected chi connectivity index (χ1v) is 11.0. The van der Waals surface area contributed by atoms with E-state index in [1.807, 2.05) is 12.1 Å². The lowest BCUT2D eigenvalue weighted by molar-refractivity contribution is -0.121. The summed E-state index contributed by atoms with van der Waals surface area (Å²) < 4.78 is 25.6. The Balaban J connectivity index is 2.13. The molecule has 2 aromatic rings. The van der Waals surface area contributed by atoms with Crippen LogP contribution < -0.4 is 9.62 Å². The molecule has 1 atom stereocenters. The van der Waals surface area contributed by atoms with Gasteiger partial charge in [-0.2, -0.15) is 0 Å². The summed E-state index contributed by atoms with van der Waals surface area (Å²) >= 11 is 17.9. The number of nitrogens with zero attached hydrogens (tertiary/aromatic N) is 1. The minimum Gasteiger partial charge on any atom is -0.354 e. The fourth-order valence-corrected chi connectivity index (χ4v) is 4.29. The molecule has 1 amide bonds. The minimum absolute atomic E-state index is 0.159. The molecule has 0 aliphatic carbocycles. The molecule has 5 nitrogen and oxygen atoms in total. The van der Waals surface area contributed by atoms with Gasteiger partial charge in [0.05, 0.1) is 17.0 Å². The highest BCUT2D eigenvalue weighted by molar-refractivity contribution is 7.92. The highest BCUT2D eigenvalue weighted by Crippen LogP contribution is 2.32. The van der Waals surface area contributed by atoms with Gasteiger partial charge in [0.2, 0.25) is 15.9 Å². The van der Waals surface area contributed by atoms with Crippen LogP contribution in [-0.2, 0) is 21.2 Å². The Bertz CT molecular complexity index is 918. The van der Waals surface area contributed by atoms with E-state index in [-0.39, 0.29) is 10.7 Å². The first-order chi connectivity index (χ1) is 12.6. The van der Waals surface area contributed by atoms with Gasteiger partial charge in [-0.05, 0) is 49.2 Å². The van der Waals surface area contributed by atoms with E-state index in [9.17, 15) is 13.2 Å². The van der Waals surface area contributed by atoms with Crippen molar-refractivity contribution in [3.8, 4) is 0 Å². The molecule has 0 heterocycles. The van der Waals surface area contributed by atoms with Crippen LogP contribution in [-0.4, -0.2) is 33.2 Å². The third-order valence-electron chi connectivity index (χ3n) is 3.86. The number of carbonyl (C=O) groups is 1. The number of benzene rings is 2. The number of carbonyl (C=O) groups excluding carboxylic acids is 1. The zero-order valence-corrected chi connectivity index (χ0v) is 17.8. The Morgan fingerprint density at radius 1 is 1.07 bits per heavy atom. The number of halogens is 3. The van der Waals surface area contributed by atoms with Gasteiger partial charge in [0.1, 0.15) is 6.04 Å². The summed E-state index contributed by atoms with van der Waals surface area (Å²) in [7, 11) is -3.77. The Hall–Kier alpha value is -1.47. The second-order valence-electron chi connectivity index (χ2n) is 6.00. The third-order valence-corrected chi connectivity index (χ3v) is 5.89. The van der Waals surface area contributed by atoms with Gasteiger partial charge in [0, 0.05) is 16.6 Å². The van der Waals surface area contributed by atoms with Crippen LogP contribution in [0.5, 0.6) is 0 Å². The second-order valence-corrected chi connectivity index (χ2v) is 9.14. The maximum Gasteiger partial charge on any atom is 0.243 e. The lowest BCUT2D eigenvalue weighted by atomic mass is 10.1. The van der Waals surface area contributed by atoms with Crippen LogP contribution >= 0.6 is 34.8 Å². The van der Waals surface area contributed by atoms with E-state index >= 15 is 0 Å². The molecule has 0 saturated carbocycles. The molecule has 0 unspecified atom stereocenters. The van der Waals surface area contributed by atoms with Crippen molar-refractivity contribution >= 4 is 56.4 Å². The molecule has 2 aromatic carbocycles. The molecule has 0 aromatic heterocycles. The normalized spacial score (nSPS) is 12.5. The van der Waals surface area contributed by atoms with Crippen molar-refractivity contribution in [1.29, 1.82) is 0 Å². The van der Waals surface area contributed by atoms with Gasteiger partial charge in [-0.15, -0.1) is 0 Å². The lowest BCUT2D eigenvalue weighted by Crippen LogP contribution is -2.48. The molecule has 0 fully saturated rings. The highest BCUT2D eigenvalue weighted by atomic mass is 35.5. The molecule has 9 heteroatoms. The summed E-state index contributed by atoms with van der Waals surface area (Å²) in [6, 6.07) is 10.7. The SMILES string of the molecule is C[C@@H](C(=O)NCCc1ccc(Cl)cc1)N(c1cc(Cl)ccc1Cl)S(C)(=O)=O. The largest absolute Gasteiger partial charge is 0.354 e. The van der Waals surface area contributed by atoms with Crippen molar-refractivity contribution in [2.24, 2.45) is 0 Å². The highest BCUT2D eigenvalue weighted by Gasteiger charge is 2.30. The Morgan fingerprint density at radius 2 is 1.67 bits per heavy atom. The Morgan fingerprint density at radius 3 is 2.26 bits per heavy atom. The fourth-order valence-electron chi connectivity index (χ4n) is 2.56. The zero-order valence-electron chi connectivity index (χ0n) is 14.7. The van der Waals surface area contributed by atoms with E-state index in [1.165, 1.54) is 19.1 Å². The standard InChI is InChI=1S/C18H19Cl3N2O3S/c1-12(18(24)22-10-9-13-3-5-14(19)6-4-13)23(27(2,25)26)17-11-15(20)7-8-16(17)21/h3-8,11-12H,9-10H2,1-2H3,(H,22,24)/t12-/m0/s1. The van der Waals surface area contributed by atoms with Crippen molar-refractivity contribution in [3.05, 3.63) is 63.1 Å². The predicted molar refractivity (Wildman–Crippen MR) is 111 cm³/mol. The van der Waals surface area contributed by atoms with Gasteiger partial charge < -0.3 is 5.32 Å². The average molecular weight is 450 g/mol. The smallest absolute Gasteiger partial charge is 0.243 e. The van der Waals surface area contributed by atoms with Crippen molar-refractivity contribution in [3.63, 3.8) is 0 Å². The molecular formula is C18H19Cl3N2O3S. The maximum absolute atomic E-state index is 12.5. The molecule has 0 bridgehead atoms. The van der Waals surface area contributed by atoms with Gasteiger partial charge in [-0.1, -0.05) is 46.9 Å². The predicted octanol–water partition coefficient (Wildman–Crippen LogP) is 4.16. The van der Waals surface area contributed by atoms with Gasteiger partial charge in [0.25, 0.3) is 0 Å². The second kappa shape index (κ2) is 9.15. The van der Waals surface area contributed by atoms with E-state index < -0.39 is 22.0 Å². The summed E-state index contributed by atoms with van der Waals surface area (Å²) in [5.41, 5.74) is 1.16. The summed E-state index contributed by atoms with van der Waals surface area (Å²) in [5.74, 6) is -0.439. The van der Waals surface area contributed by atoms with E-state index in [2.05, 4.69) is 5.32 Å². The number of anilines is 1. The number of rotatable bonds is 7. The first-order valence-electron chi connectivity index (χ1n) is 8.06. The molecule has 0 spiro atoms. The zero-order chi connectivity index (χ0) is 20.2. The molecule has 27 heavy (non-hydrogen) atoms. The van der Waals surface area contributed by atoms with Crippen LogP contribution in [0.25, 0.3) is 0 Å². The summed E-state index contributed by atoms with van der Waals surface area (Å²) in [6.45, 7) is 1.85. The summed E-state index contributed by atoms with van der Waals surface area (Å²) in [5, 5.41) is 3.89. The quantitative estimate of drug-likeness (QED) is 0.690. The van der Waals surface area contributed by atoms with Crippen molar-refractivity contribution < 1.29 is 13.2 Å². The van der Waals surface area contributed by atoms with E-state index in [0.29, 0.717) is 23.0 Å². The van der Waals surface area contributed by atoms with Crippen molar-refractivity contribution in [1.82, 2.24) is 5.32 Å². The molecule has 0 aliphatic rings. The summed E-state index contributed by atoms with van der Waals surface area (Å²) in [6.07, 6.45) is 1.61. The molecule has 0 saturated heterocycles. The maximum atomic E-state index is 12.5. The molecule has 146 valence electrons. The molecule has 0 radical (unpaired) electrons. The van der Waals surface area contributed by atoms with Crippen LogP contribution in [0.3, 0.4) is 0 Å². The number of amides is 1. The Kier molecular flexibility index (Phi) is 7.40. The van der Waals surface area contributed by atoms with E-state index in [4.69, 9.17) is 34.8 Å². The minimum atomic E-state index is -3.77. The van der Waals surface area contributed by atoms with Gasteiger partial charge in [-0.25, -0.2) is 8.42 Å². The van der Waals surface area contributed by atoms with Crippen LogP contribution in [0.15, 0.2) is 42.5 Å². The Labute approximate surface area is 174 Å². The first kappa shape index (κ1) is 21.8. The van der Waals surface area contributed by atoms with Crippen LogP contribution in [0.4, 0.5) is 5.69 Å². The monoisotopic (exact) mass is 448 g/mol. The molecular weight excluding hydrogens is 431 g/mol. The number of hydrogen-bond acceptors (Lipinski definition) is 3. The van der Waals surface area contributed by atoms with Crippen LogP contribution in [0.2, 0.25) is 15.1 Å².